The van der Waals surface area contributed by atoms with Crippen molar-refractivity contribution in [1.82, 2.24) is 0 Å². The molecule has 6 nitrogen and oxygen atoms in total. The molecule has 0 heterocycles. The lowest BCUT2D eigenvalue weighted by Crippen LogP contribution is -2.18. The van der Waals surface area contributed by atoms with Gasteiger partial charge in [0.05, 0.1) is 19.8 Å². The van der Waals surface area contributed by atoms with Gasteiger partial charge < -0.3 is 19.7 Å². The number of phenols is 1. The highest BCUT2D eigenvalue weighted by atomic mass is 16.5. The molecule has 0 bridgehead atoms. The lowest BCUT2D eigenvalue weighted by molar-refractivity contribution is -0.145. The van der Waals surface area contributed by atoms with Crippen LogP contribution in [0.5, 0.6) is 5.75 Å². The van der Waals surface area contributed by atoms with Crippen LogP contribution in [0.15, 0.2) is 35.4 Å². The Hall–Kier alpha value is -2.60. The Morgan fingerprint density at radius 1 is 0.717 bits per heavy atom. The average Bonchev–Trinajstić information content (AvgIpc) is 2.90. The Morgan fingerprint density at radius 3 is 1.61 bits per heavy atom. The molecule has 0 saturated heterocycles. The first kappa shape index (κ1) is 41.4. The van der Waals surface area contributed by atoms with Crippen molar-refractivity contribution >= 4 is 11.9 Å². The van der Waals surface area contributed by atoms with Crippen molar-refractivity contribution in [3.05, 3.63) is 52.1 Å². The molecule has 1 aromatic carbocycles. The molecule has 0 aliphatic heterocycles. The zero-order chi connectivity index (χ0) is 35.3. The van der Waals surface area contributed by atoms with Gasteiger partial charge in [-0.1, -0.05) is 113 Å². The molecule has 1 rings (SSSR count). The maximum Gasteiger partial charge on any atom is 0.306 e. The third kappa shape index (κ3) is 16.3. The van der Waals surface area contributed by atoms with E-state index in [-0.39, 0.29) is 40.2 Å². The van der Waals surface area contributed by atoms with Crippen molar-refractivity contribution in [3.63, 3.8) is 0 Å². The van der Waals surface area contributed by atoms with Gasteiger partial charge >= 0.3 is 11.9 Å². The summed E-state index contributed by atoms with van der Waals surface area (Å²) in [6.07, 6.45) is 10.2. The minimum absolute atomic E-state index is 0.00331. The maximum absolute atomic E-state index is 12.4. The Balaban J connectivity index is 2.43. The van der Waals surface area contributed by atoms with Gasteiger partial charge in [-0.3, -0.25) is 9.59 Å². The highest BCUT2D eigenvalue weighted by Gasteiger charge is 2.26. The Morgan fingerprint density at radius 2 is 1.20 bits per heavy atom. The first-order chi connectivity index (χ1) is 21.0. The smallest absolute Gasteiger partial charge is 0.306 e. The maximum atomic E-state index is 12.4. The molecule has 0 aromatic heterocycles. The Bertz CT molecular complexity index is 1140. The number of benzene rings is 1. The summed E-state index contributed by atoms with van der Waals surface area (Å²) in [7, 11) is 0. The molecule has 0 aliphatic carbocycles. The van der Waals surface area contributed by atoms with Crippen LogP contribution < -0.4 is 0 Å². The predicted octanol–water partition coefficient (Wildman–Crippen LogP) is 9.67. The van der Waals surface area contributed by atoms with E-state index in [0.717, 1.165) is 59.9 Å². The van der Waals surface area contributed by atoms with Gasteiger partial charge in [0.1, 0.15) is 5.75 Å². The van der Waals surface area contributed by atoms with Gasteiger partial charge in [-0.15, -0.1) is 0 Å². The Labute approximate surface area is 281 Å². The van der Waals surface area contributed by atoms with E-state index < -0.39 is 0 Å². The molecule has 2 N–H and O–H groups in total. The number of carbonyl (C=O) groups excluding carboxylic acids is 2. The van der Waals surface area contributed by atoms with E-state index in [2.05, 4.69) is 89.2 Å². The van der Waals surface area contributed by atoms with Crippen LogP contribution in [0.3, 0.4) is 0 Å². The number of aryl methyl sites for hydroxylation is 1. The Kier molecular flexibility index (Phi) is 16.3. The molecule has 0 spiro atoms. The third-order valence-electron chi connectivity index (χ3n) is 8.06. The van der Waals surface area contributed by atoms with Gasteiger partial charge in [-0.2, -0.15) is 0 Å². The normalized spacial score (nSPS) is 13.6. The van der Waals surface area contributed by atoms with E-state index in [1.54, 1.807) is 0 Å². The fraction of sp³-hybridized carbons (Fsp3) is 0.700. The number of aliphatic hydroxyl groups excluding tert-OH is 1. The van der Waals surface area contributed by atoms with Gasteiger partial charge in [0.15, 0.2) is 0 Å². The predicted molar refractivity (Wildman–Crippen MR) is 190 cm³/mol. The van der Waals surface area contributed by atoms with Crippen molar-refractivity contribution in [2.75, 3.05) is 19.8 Å². The van der Waals surface area contributed by atoms with E-state index in [1.807, 2.05) is 18.2 Å². The quantitative estimate of drug-likeness (QED) is 0.106. The highest BCUT2D eigenvalue weighted by molar-refractivity contribution is 5.70. The zero-order valence-corrected chi connectivity index (χ0v) is 31.3. The molecular weight excluding hydrogens is 576 g/mol. The van der Waals surface area contributed by atoms with Crippen LogP contribution in [0.2, 0.25) is 0 Å². The molecule has 0 unspecified atom stereocenters. The number of aromatic hydroxyl groups is 1. The van der Waals surface area contributed by atoms with Crippen LogP contribution in [-0.2, 0) is 36.3 Å². The standard InChI is InChI=1S/C40H66O6/c1-37(2,3)22-21-29(25-31(28-41)38(4,5)6)17-19-34(42)45-23-15-13-14-16-24-46-35(43)20-18-30-26-32(39(7,8)9)36(44)33(27-30)40(10,11)12/h21,25-27,41,44H,13-20,22-24,28H2,1-12H3/b29-21-,31-25+. The fourth-order valence-electron chi connectivity index (χ4n) is 4.94. The lowest BCUT2D eigenvalue weighted by atomic mass is 9.78. The zero-order valence-electron chi connectivity index (χ0n) is 31.3. The molecule has 0 amide bonds. The van der Waals surface area contributed by atoms with Crippen LogP contribution in [0.25, 0.3) is 0 Å². The molecule has 0 atom stereocenters. The van der Waals surface area contributed by atoms with Crippen LogP contribution in [-0.4, -0.2) is 42.0 Å². The summed E-state index contributed by atoms with van der Waals surface area (Å²) in [5.74, 6) is -0.0699. The van der Waals surface area contributed by atoms with Crippen molar-refractivity contribution in [3.8, 4) is 5.75 Å². The largest absolute Gasteiger partial charge is 0.507 e. The van der Waals surface area contributed by atoms with Gasteiger partial charge in [0, 0.05) is 12.8 Å². The molecule has 6 heteroatoms. The first-order valence-corrected chi connectivity index (χ1v) is 17.2. The topological polar surface area (TPSA) is 93.1 Å². The number of esters is 2. The monoisotopic (exact) mass is 642 g/mol. The van der Waals surface area contributed by atoms with E-state index in [0.29, 0.717) is 44.6 Å². The second kappa shape index (κ2) is 18.1. The third-order valence-corrected chi connectivity index (χ3v) is 8.06. The highest BCUT2D eigenvalue weighted by Crippen LogP contribution is 2.40. The van der Waals surface area contributed by atoms with Gasteiger partial charge in [0.25, 0.3) is 0 Å². The second-order valence-corrected chi connectivity index (χ2v) is 17.0. The molecular formula is C40H66O6. The first-order valence-electron chi connectivity index (χ1n) is 17.2. The van der Waals surface area contributed by atoms with Gasteiger partial charge in [-0.05, 0) is 88.9 Å². The fourth-order valence-corrected chi connectivity index (χ4v) is 4.94. The summed E-state index contributed by atoms with van der Waals surface area (Å²) in [5, 5.41) is 20.8. The summed E-state index contributed by atoms with van der Waals surface area (Å²) in [6.45, 7) is 26.1. The molecule has 0 saturated carbocycles. The average molecular weight is 643 g/mol. The lowest BCUT2D eigenvalue weighted by Gasteiger charge is -2.28. The minimum Gasteiger partial charge on any atom is -0.507 e. The van der Waals surface area contributed by atoms with E-state index in [1.165, 1.54) is 0 Å². The van der Waals surface area contributed by atoms with Crippen molar-refractivity contribution < 1.29 is 29.3 Å². The van der Waals surface area contributed by atoms with Crippen LogP contribution in [0.1, 0.15) is 151 Å². The summed E-state index contributed by atoms with van der Waals surface area (Å²) in [5.41, 5.74) is 4.43. The number of ether oxygens (including phenoxy) is 2. The SMILES string of the molecule is CC(C)(C)C/C=C(\C=C(/CO)C(C)(C)C)CCC(=O)OCCCCCCOC(=O)CCc1cc(C(C)(C)C)c(O)c(C(C)(C)C)c1. The summed E-state index contributed by atoms with van der Waals surface area (Å²) in [4.78, 5) is 24.9. The summed E-state index contributed by atoms with van der Waals surface area (Å²) in [6, 6.07) is 4.04. The van der Waals surface area contributed by atoms with Crippen LogP contribution in [0, 0.1) is 10.8 Å². The van der Waals surface area contributed by atoms with Gasteiger partial charge in [-0.25, -0.2) is 0 Å². The number of allylic oxidation sites excluding steroid dienone is 3. The van der Waals surface area contributed by atoms with Gasteiger partial charge in [0.2, 0.25) is 0 Å². The molecule has 46 heavy (non-hydrogen) atoms. The molecule has 0 aliphatic rings. The minimum atomic E-state index is -0.212. The van der Waals surface area contributed by atoms with E-state index in [4.69, 9.17) is 9.47 Å². The number of phenolic OH excluding ortho intramolecular Hbond substituents is 1. The van der Waals surface area contributed by atoms with Crippen molar-refractivity contribution in [2.24, 2.45) is 10.8 Å². The number of hydrogen-bond acceptors (Lipinski definition) is 6. The van der Waals surface area contributed by atoms with E-state index in [9.17, 15) is 19.8 Å². The molecule has 0 radical (unpaired) electrons. The second-order valence-electron chi connectivity index (χ2n) is 17.0. The molecule has 1 aromatic rings. The van der Waals surface area contributed by atoms with Crippen molar-refractivity contribution in [1.29, 1.82) is 0 Å². The summed E-state index contributed by atoms with van der Waals surface area (Å²) >= 11 is 0. The van der Waals surface area contributed by atoms with Crippen molar-refractivity contribution in [2.45, 2.75) is 152 Å². The number of hydrogen-bond donors (Lipinski definition) is 2. The molecule has 262 valence electrons. The number of rotatable bonds is 16. The van der Waals surface area contributed by atoms with Crippen LogP contribution in [0.4, 0.5) is 0 Å². The number of aliphatic hydroxyl groups is 1. The molecule has 0 fully saturated rings. The number of unbranched alkanes of at least 4 members (excludes halogenated alkanes) is 3. The van der Waals surface area contributed by atoms with E-state index >= 15 is 0 Å². The number of carbonyl (C=O) groups is 2. The van der Waals surface area contributed by atoms with Crippen LogP contribution >= 0.6 is 0 Å². The summed E-state index contributed by atoms with van der Waals surface area (Å²) < 4.78 is 11.0.